The van der Waals surface area contributed by atoms with Gasteiger partial charge in [0.1, 0.15) is 41.0 Å². The van der Waals surface area contributed by atoms with Crippen LogP contribution in [0.15, 0.2) is 30.5 Å². The van der Waals surface area contributed by atoms with Gasteiger partial charge in [-0.1, -0.05) is 0 Å². The van der Waals surface area contributed by atoms with E-state index >= 15 is 0 Å². The number of halogens is 4. The second-order valence-corrected chi connectivity index (χ2v) is 7.17. The van der Waals surface area contributed by atoms with Crippen LogP contribution in [-0.4, -0.2) is 38.4 Å². The third kappa shape index (κ3) is 2.98. The molecule has 0 radical (unpaired) electrons. The highest BCUT2D eigenvalue weighted by Crippen LogP contribution is 2.36. The van der Waals surface area contributed by atoms with Gasteiger partial charge in [-0.25, -0.2) is 19.3 Å². The SMILES string of the molecule is Cc1ncc2c(N)nc3cc(F)c(C(=O)N4CCOc5nc(C(F)(F)F)ccc54)cc3n12. The molecule has 3 aromatic heterocycles. The predicted octanol–water partition coefficient (Wildman–Crippen LogP) is 3.37. The number of nitrogens with two attached hydrogens (primary N) is 1. The molecule has 5 rings (SSSR count). The maximum atomic E-state index is 14.9. The summed E-state index contributed by atoms with van der Waals surface area (Å²) in [6, 6.07) is 4.25. The number of hydrogen-bond acceptors (Lipinski definition) is 6. The maximum absolute atomic E-state index is 14.9. The number of carbonyl (C=O) groups excluding carboxylic acids is 1. The normalized spacial score (nSPS) is 14.0. The number of nitrogens with zero attached hydrogens (tertiary/aromatic N) is 5. The molecule has 0 atom stereocenters. The lowest BCUT2D eigenvalue weighted by Gasteiger charge is -2.29. The molecule has 0 fully saturated rings. The molecule has 0 aliphatic carbocycles. The van der Waals surface area contributed by atoms with E-state index in [1.807, 2.05) is 0 Å². The summed E-state index contributed by atoms with van der Waals surface area (Å²) in [7, 11) is 0. The molecule has 12 heteroatoms. The van der Waals surface area contributed by atoms with Crippen LogP contribution >= 0.6 is 0 Å². The smallest absolute Gasteiger partial charge is 0.433 e. The Kier molecular flexibility index (Phi) is 4.23. The zero-order valence-corrected chi connectivity index (χ0v) is 16.4. The molecule has 1 aromatic carbocycles. The fourth-order valence-electron chi connectivity index (χ4n) is 3.71. The number of pyridine rings is 1. The molecule has 1 aliphatic rings. The highest BCUT2D eigenvalue weighted by molar-refractivity contribution is 6.08. The van der Waals surface area contributed by atoms with Crippen molar-refractivity contribution >= 4 is 34.0 Å². The van der Waals surface area contributed by atoms with Gasteiger partial charge in [0.25, 0.3) is 5.91 Å². The van der Waals surface area contributed by atoms with E-state index in [1.54, 1.807) is 11.3 Å². The molecular formula is C20H14F4N6O2. The fraction of sp³-hybridized carbons (Fsp3) is 0.200. The summed E-state index contributed by atoms with van der Waals surface area (Å²) in [6.45, 7) is 1.64. The average molecular weight is 446 g/mol. The second-order valence-electron chi connectivity index (χ2n) is 7.17. The van der Waals surface area contributed by atoms with Gasteiger partial charge in [-0.05, 0) is 25.1 Å². The van der Waals surface area contributed by atoms with Crippen LogP contribution in [0.2, 0.25) is 0 Å². The first-order chi connectivity index (χ1) is 15.1. The Labute approximate surface area is 177 Å². The second kappa shape index (κ2) is 6.77. The van der Waals surface area contributed by atoms with Crippen LogP contribution in [0, 0.1) is 12.7 Å². The van der Waals surface area contributed by atoms with Crippen LogP contribution in [0.5, 0.6) is 5.88 Å². The molecule has 4 heterocycles. The molecule has 2 N–H and O–H groups in total. The lowest BCUT2D eigenvalue weighted by molar-refractivity contribution is -0.141. The van der Waals surface area contributed by atoms with Crippen molar-refractivity contribution in [3.05, 3.63) is 53.4 Å². The number of benzene rings is 1. The number of hydrogen-bond donors (Lipinski definition) is 1. The van der Waals surface area contributed by atoms with Gasteiger partial charge in [0.2, 0.25) is 5.88 Å². The minimum Gasteiger partial charge on any atom is -0.474 e. The number of carbonyl (C=O) groups is 1. The Balaban J connectivity index is 1.63. The summed E-state index contributed by atoms with van der Waals surface area (Å²) in [6.07, 6.45) is -3.15. The van der Waals surface area contributed by atoms with Crippen molar-refractivity contribution in [2.45, 2.75) is 13.1 Å². The summed E-state index contributed by atoms with van der Waals surface area (Å²) in [5, 5.41) is 0. The van der Waals surface area contributed by atoms with Gasteiger partial charge in [0, 0.05) is 6.07 Å². The van der Waals surface area contributed by atoms with Crippen LogP contribution in [0.1, 0.15) is 21.9 Å². The van der Waals surface area contributed by atoms with Crippen molar-refractivity contribution in [3.63, 3.8) is 0 Å². The number of aryl methyl sites for hydroxylation is 1. The summed E-state index contributed by atoms with van der Waals surface area (Å²) in [5.74, 6) is -1.23. The van der Waals surface area contributed by atoms with Crippen LogP contribution in [0.3, 0.4) is 0 Å². The number of ether oxygens (including phenoxy) is 1. The van der Waals surface area contributed by atoms with Gasteiger partial charge >= 0.3 is 6.18 Å². The minimum absolute atomic E-state index is 0.00978. The molecule has 8 nitrogen and oxygen atoms in total. The molecule has 0 bridgehead atoms. The first-order valence-corrected chi connectivity index (χ1v) is 9.41. The number of amides is 1. The number of nitrogen functional groups attached to an aromatic ring is 1. The molecular weight excluding hydrogens is 432 g/mol. The zero-order valence-electron chi connectivity index (χ0n) is 16.4. The molecule has 4 aromatic rings. The number of rotatable bonds is 1. The molecule has 32 heavy (non-hydrogen) atoms. The third-order valence-electron chi connectivity index (χ3n) is 5.20. The number of fused-ring (bicyclic) bond motifs is 4. The van der Waals surface area contributed by atoms with Crippen molar-refractivity contribution in [2.75, 3.05) is 23.8 Å². The van der Waals surface area contributed by atoms with Gasteiger partial charge < -0.3 is 10.5 Å². The van der Waals surface area contributed by atoms with E-state index in [1.165, 1.54) is 12.3 Å². The highest BCUT2D eigenvalue weighted by Gasteiger charge is 2.35. The number of alkyl halides is 3. The largest absolute Gasteiger partial charge is 0.474 e. The molecule has 164 valence electrons. The molecule has 1 amide bonds. The van der Waals surface area contributed by atoms with Crippen LogP contribution in [-0.2, 0) is 6.18 Å². The van der Waals surface area contributed by atoms with Crippen molar-refractivity contribution in [2.24, 2.45) is 0 Å². The van der Waals surface area contributed by atoms with E-state index < -0.39 is 23.6 Å². The molecule has 1 aliphatic heterocycles. The Morgan fingerprint density at radius 3 is 2.72 bits per heavy atom. The lowest BCUT2D eigenvalue weighted by Crippen LogP contribution is -2.39. The Bertz CT molecular complexity index is 1420. The topological polar surface area (TPSA) is 98.6 Å². The van der Waals surface area contributed by atoms with Crippen molar-refractivity contribution in [3.8, 4) is 5.88 Å². The summed E-state index contributed by atoms with van der Waals surface area (Å²) >= 11 is 0. The fourth-order valence-corrected chi connectivity index (χ4v) is 3.71. The molecule has 0 saturated carbocycles. The minimum atomic E-state index is -4.67. The summed E-state index contributed by atoms with van der Waals surface area (Å²) in [4.78, 5) is 26.2. The van der Waals surface area contributed by atoms with Crippen LogP contribution in [0.25, 0.3) is 16.6 Å². The monoisotopic (exact) mass is 446 g/mol. The number of anilines is 2. The summed E-state index contributed by atoms with van der Waals surface area (Å²) < 4.78 is 60.7. The van der Waals surface area contributed by atoms with E-state index in [0.717, 1.165) is 23.1 Å². The van der Waals surface area contributed by atoms with Crippen LogP contribution in [0.4, 0.5) is 29.1 Å². The Hall–Kier alpha value is -3.96. The van der Waals surface area contributed by atoms with E-state index in [4.69, 9.17) is 10.5 Å². The van der Waals surface area contributed by atoms with E-state index in [0.29, 0.717) is 16.9 Å². The average Bonchev–Trinajstić information content (AvgIpc) is 3.14. The zero-order chi connectivity index (χ0) is 22.8. The number of imidazole rings is 1. The van der Waals surface area contributed by atoms with E-state index in [2.05, 4.69) is 15.0 Å². The maximum Gasteiger partial charge on any atom is 0.433 e. The molecule has 0 spiro atoms. The van der Waals surface area contributed by atoms with Crippen molar-refractivity contribution < 1.29 is 27.1 Å². The van der Waals surface area contributed by atoms with Gasteiger partial charge in [-0.2, -0.15) is 13.2 Å². The molecule has 0 saturated heterocycles. The first-order valence-electron chi connectivity index (χ1n) is 9.41. The van der Waals surface area contributed by atoms with Crippen LogP contribution < -0.4 is 15.4 Å². The van der Waals surface area contributed by atoms with Gasteiger partial charge in [0.05, 0.1) is 29.3 Å². The highest BCUT2D eigenvalue weighted by atomic mass is 19.4. The van der Waals surface area contributed by atoms with Crippen molar-refractivity contribution in [1.29, 1.82) is 0 Å². The van der Waals surface area contributed by atoms with Gasteiger partial charge in [-0.15, -0.1) is 0 Å². The predicted molar refractivity (Wildman–Crippen MR) is 106 cm³/mol. The Morgan fingerprint density at radius 2 is 1.97 bits per heavy atom. The third-order valence-corrected chi connectivity index (χ3v) is 5.20. The lowest BCUT2D eigenvalue weighted by atomic mass is 10.1. The number of aromatic nitrogens is 4. The van der Waals surface area contributed by atoms with Gasteiger partial charge in [0.15, 0.2) is 0 Å². The summed E-state index contributed by atoms with van der Waals surface area (Å²) in [5.41, 5.74) is 5.65. The quantitative estimate of drug-likeness (QED) is 0.450. The van der Waals surface area contributed by atoms with Crippen molar-refractivity contribution in [1.82, 2.24) is 19.4 Å². The Morgan fingerprint density at radius 1 is 1.19 bits per heavy atom. The molecule has 0 unspecified atom stereocenters. The van der Waals surface area contributed by atoms with E-state index in [9.17, 15) is 22.4 Å². The first kappa shape index (κ1) is 20.0. The standard InChI is InChI=1S/C20H14F4N6O2/c1-9-26-8-15-17(25)27-12-7-11(21)10(6-14(12)30(9)15)19(31)29-4-5-32-18-13(29)2-3-16(28-18)20(22,23)24/h2-3,6-8H,4-5H2,1H3,(H2,25,27). The van der Waals surface area contributed by atoms with Gasteiger partial charge in [-0.3, -0.25) is 14.1 Å². The van der Waals surface area contributed by atoms with E-state index in [-0.39, 0.29) is 41.6 Å².